The molecule has 0 aliphatic rings. The van der Waals surface area contributed by atoms with E-state index in [-0.39, 0.29) is 11.4 Å². The van der Waals surface area contributed by atoms with Crippen molar-refractivity contribution in [2.24, 2.45) is 11.5 Å². The van der Waals surface area contributed by atoms with E-state index in [1.54, 1.807) is 6.07 Å². The fourth-order valence-corrected chi connectivity index (χ4v) is 2.57. The van der Waals surface area contributed by atoms with Gasteiger partial charge in [0.15, 0.2) is 0 Å². The predicted octanol–water partition coefficient (Wildman–Crippen LogP) is 2.85. The molecule has 1 heterocycles. The normalized spacial score (nSPS) is 10.3. The van der Waals surface area contributed by atoms with Crippen LogP contribution in [0.2, 0.25) is 0 Å². The molecule has 26 heavy (non-hydrogen) atoms. The van der Waals surface area contributed by atoms with Crippen LogP contribution in [0.3, 0.4) is 0 Å². The van der Waals surface area contributed by atoms with E-state index in [1.807, 2.05) is 54.6 Å². The zero-order valence-corrected chi connectivity index (χ0v) is 13.9. The first-order valence-corrected chi connectivity index (χ1v) is 7.90. The monoisotopic (exact) mass is 350 g/mol. The maximum absolute atomic E-state index is 11.6. The molecule has 3 aromatic rings. The highest BCUT2D eigenvalue weighted by Gasteiger charge is 2.17. The molecule has 0 aliphatic carbocycles. The zero-order valence-electron chi connectivity index (χ0n) is 13.9. The molecule has 0 atom stereocenters. The number of carbonyl (C=O) groups is 2. The summed E-state index contributed by atoms with van der Waals surface area (Å²) < 4.78 is 5.92. The highest BCUT2D eigenvalue weighted by Crippen LogP contribution is 2.32. The second-order valence-electron chi connectivity index (χ2n) is 5.60. The first kappa shape index (κ1) is 17.1. The summed E-state index contributed by atoms with van der Waals surface area (Å²) in [6, 6.07) is 17.9. The minimum atomic E-state index is -0.797. The van der Waals surface area contributed by atoms with E-state index < -0.39 is 11.9 Å². The fraction of sp³-hybridized carbons (Fsp3) is 0.0526. The number of nitrogens with one attached hydrogen (secondary N) is 2. The summed E-state index contributed by atoms with van der Waals surface area (Å²) in [6.45, 7) is 0.396. The van der Waals surface area contributed by atoms with Gasteiger partial charge in [0.05, 0.1) is 11.3 Å². The van der Waals surface area contributed by atoms with Gasteiger partial charge in [0.25, 0.3) is 5.91 Å². The van der Waals surface area contributed by atoms with Crippen molar-refractivity contribution in [3.05, 3.63) is 71.8 Å². The summed E-state index contributed by atoms with van der Waals surface area (Å²) in [5.74, 6) is 0.0936. The van der Waals surface area contributed by atoms with Gasteiger partial charge in [-0.05, 0) is 23.8 Å². The van der Waals surface area contributed by atoms with Crippen molar-refractivity contribution in [2.45, 2.75) is 6.61 Å². The SMILES string of the molecule is NC(=O)Nc1[nH]c(-c2ccccc2OCc2ccccc2)cc1C(N)=O. The number of aromatic amines is 1. The number of hydrogen-bond donors (Lipinski definition) is 4. The van der Waals surface area contributed by atoms with Crippen molar-refractivity contribution in [3.63, 3.8) is 0 Å². The van der Waals surface area contributed by atoms with Crippen LogP contribution in [0.25, 0.3) is 11.3 Å². The predicted molar refractivity (Wildman–Crippen MR) is 98.7 cm³/mol. The Morgan fingerprint density at radius 2 is 1.69 bits per heavy atom. The molecular formula is C19H18N4O3. The number of hydrogen-bond acceptors (Lipinski definition) is 3. The molecule has 3 amide bonds. The summed E-state index contributed by atoms with van der Waals surface area (Å²) in [6.07, 6.45) is 0. The summed E-state index contributed by atoms with van der Waals surface area (Å²) in [4.78, 5) is 25.7. The van der Waals surface area contributed by atoms with Gasteiger partial charge in [-0.1, -0.05) is 42.5 Å². The molecular weight excluding hydrogens is 332 g/mol. The minimum Gasteiger partial charge on any atom is -0.488 e. The van der Waals surface area contributed by atoms with Crippen LogP contribution in [0.5, 0.6) is 5.75 Å². The van der Waals surface area contributed by atoms with Gasteiger partial charge < -0.3 is 21.2 Å². The maximum atomic E-state index is 11.6. The van der Waals surface area contributed by atoms with Gasteiger partial charge in [-0.25, -0.2) is 4.79 Å². The number of nitrogens with two attached hydrogens (primary N) is 2. The number of para-hydroxylation sites is 1. The summed E-state index contributed by atoms with van der Waals surface area (Å²) in [5.41, 5.74) is 13.0. The molecule has 7 nitrogen and oxygen atoms in total. The second-order valence-corrected chi connectivity index (χ2v) is 5.60. The van der Waals surface area contributed by atoms with Gasteiger partial charge in [0.2, 0.25) is 0 Å². The maximum Gasteiger partial charge on any atom is 0.317 e. The Bertz CT molecular complexity index is 935. The highest BCUT2D eigenvalue weighted by atomic mass is 16.5. The zero-order chi connectivity index (χ0) is 18.5. The number of H-pyrrole nitrogens is 1. The molecule has 0 aliphatic heterocycles. The van der Waals surface area contributed by atoms with E-state index in [2.05, 4.69) is 10.3 Å². The van der Waals surface area contributed by atoms with Crippen molar-refractivity contribution >= 4 is 17.8 Å². The van der Waals surface area contributed by atoms with Crippen molar-refractivity contribution in [1.29, 1.82) is 0 Å². The van der Waals surface area contributed by atoms with Gasteiger partial charge in [-0.15, -0.1) is 0 Å². The lowest BCUT2D eigenvalue weighted by Gasteiger charge is -2.10. The number of anilines is 1. The van der Waals surface area contributed by atoms with Crippen LogP contribution in [0.4, 0.5) is 10.6 Å². The van der Waals surface area contributed by atoms with Gasteiger partial charge in [-0.3, -0.25) is 10.1 Å². The topological polar surface area (TPSA) is 123 Å². The van der Waals surface area contributed by atoms with E-state index in [1.165, 1.54) is 0 Å². The Hall–Kier alpha value is -3.74. The first-order valence-electron chi connectivity index (χ1n) is 7.90. The second kappa shape index (κ2) is 7.43. The van der Waals surface area contributed by atoms with Gasteiger partial charge in [-0.2, -0.15) is 0 Å². The van der Waals surface area contributed by atoms with Gasteiger partial charge >= 0.3 is 6.03 Å². The van der Waals surface area contributed by atoms with E-state index in [0.29, 0.717) is 18.1 Å². The van der Waals surface area contributed by atoms with Crippen LogP contribution in [-0.4, -0.2) is 16.9 Å². The number of amides is 3. The quantitative estimate of drug-likeness (QED) is 0.546. The van der Waals surface area contributed by atoms with Gasteiger partial charge in [0.1, 0.15) is 18.2 Å². The molecule has 0 spiro atoms. The largest absolute Gasteiger partial charge is 0.488 e. The van der Waals surface area contributed by atoms with Crippen molar-refractivity contribution in [1.82, 2.24) is 4.98 Å². The van der Waals surface area contributed by atoms with Crippen LogP contribution in [0, 0.1) is 0 Å². The third-order valence-electron chi connectivity index (χ3n) is 3.75. The average Bonchev–Trinajstić information content (AvgIpc) is 3.04. The van der Waals surface area contributed by atoms with Crippen LogP contribution in [0.1, 0.15) is 15.9 Å². The number of carbonyl (C=O) groups excluding carboxylic acids is 2. The van der Waals surface area contributed by atoms with Crippen molar-refractivity contribution < 1.29 is 14.3 Å². The van der Waals surface area contributed by atoms with E-state index in [0.717, 1.165) is 11.1 Å². The Morgan fingerprint density at radius 1 is 1.00 bits per heavy atom. The van der Waals surface area contributed by atoms with E-state index >= 15 is 0 Å². The average molecular weight is 350 g/mol. The van der Waals surface area contributed by atoms with Crippen LogP contribution < -0.4 is 21.5 Å². The number of benzene rings is 2. The number of ether oxygens (including phenoxy) is 1. The molecule has 0 saturated heterocycles. The lowest BCUT2D eigenvalue weighted by molar-refractivity contribution is 0.100. The van der Waals surface area contributed by atoms with Crippen LogP contribution in [0.15, 0.2) is 60.7 Å². The third kappa shape index (κ3) is 3.84. The molecule has 0 unspecified atom stereocenters. The molecule has 2 aromatic carbocycles. The molecule has 3 rings (SSSR count). The Morgan fingerprint density at radius 3 is 2.38 bits per heavy atom. The molecule has 0 saturated carbocycles. The molecule has 1 aromatic heterocycles. The number of aromatic nitrogens is 1. The van der Waals surface area contributed by atoms with Crippen molar-refractivity contribution in [3.8, 4) is 17.0 Å². The Balaban J connectivity index is 1.92. The molecule has 0 bridgehead atoms. The Kier molecular flexibility index (Phi) is 4.89. The molecule has 0 radical (unpaired) electrons. The van der Waals surface area contributed by atoms with E-state index in [4.69, 9.17) is 16.2 Å². The number of rotatable bonds is 6. The number of urea groups is 1. The lowest BCUT2D eigenvalue weighted by Crippen LogP contribution is -2.22. The molecule has 6 N–H and O–H groups in total. The van der Waals surface area contributed by atoms with Crippen LogP contribution in [-0.2, 0) is 6.61 Å². The fourth-order valence-electron chi connectivity index (χ4n) is 2.57. The van der Waals surface area contributed by atoms with Crippen LogP contribution >= 0.6 is 0 Å². The Labute approximate surface area is 150 Å². The standard InChI is InChI=1S/C19H18N4O3/c20-17(24)14-10-15(22-18(14)23-19(21)25)13-8-4-5-9-16(13)26-11-12-6-2-1-3-7-12/h1-10,22H,11H2,(H2,20,24)(H3,21,23,25). The van der Waals surface area contributed by atoms with E-state index in [9.17, 15) is 9.59 Å². The summed E-state index contributed by atoms with van der Waals surface area (Å²) in [7, 11) is 0. The first-order chi connectivity index (χ1) is 12.5. The smallest absolute Gasteiger partial charge is 0.317 e. The molecule has 7 heteroatoms. The summed E-state index contributed by atoms with van der Waals surface area (Å²) in [5, 5.41) is 2.36. The third-order valence-corrected chi connectivity index (χ3v) is 3.75. The van der Waals surface area contributed by atoms with Crippen molar-refractivity contribution in [2.75, 3.05) is 5.32 Å². The summed E-state index contributed by atoms with van der Waals surface area (Å²) >= 11 is 0. The number of primary amides is 2. The van der Waals surface area contributed by atoms with Gasteiger partial charge in [0, 0.05) is 5.56 Å². The minimum absolute atomic E-state index is 0.136. The molecule has 0 fully saturated rings. The molecule has 132 valence electrons. The highest BCUT2D eigenvalue weighted by molar-refractivity contribution is 6.03. The lowest BCUT2D eigenvalue weighted by atomic mass is 10.1.